The van der Waals surface area contributed by atoms with E-state index in [-0.39, 0.29) is 18.1 Å². The molecule has 1 saturated heterocycles. The summed E-state index contributed by atoms with van der Waals surface area (Å²) >= 11 is 0. The lowest BCUT2D eigenvalue weighted by atomic mass is 9.95. The molecule has 7 heteroatoms. The van der Waals surface area contributed by atoms with Crippen molar-refractivity contribution in [3.05, 3.63) is 59.7 Å². The van der Waals surface area contributed by atoms with Gasteiger partial charge in [-0.05, 0) is 74.2 Å². The number of ether oxygens (including phenoxy) is 1. The molecule has 170 valence electrons. The third-order valence-corrected chi connectivity index (χ3v) is 6.22. The van der Waals surface area contributed by atoms with Crippen LogP contribution in [0.4, 0.5) is 5.69 Å². The Morgan fingerprint density at radius 1 is 1.16 bits per heavy atom. The van der Waals surface area contributed by atoms with E-state index in [9.17, 15) is 4.79 Å². The fourth-order valence-electron chi connectivity index (χ4n) is 4.25. The van der Waals surface area contributed by atoms with E-state index in [1.807, 2.05) is 42.6 Å². The maximum atomic E-state index is 12.6. The number of nitrogens with one attached hydrogen (secondary N) is 4. The first-order valence-corrected chi connectivity index (χ1v) is 11.5. The van der Waals surface area contributed by atoms with Crippen LogP contribution in [-0.2, 0) is 0 Å². The quantitative estimate of drug-likeness (QED) is 0.512. The van der Waals surface area contributed by atoms with E-state index in [4.69, 9.17) is 4.74 Å². The van der Waals surface area contributed by atoms with Gasteiger partial charge in [-0.15, -0.1) is 0 Å². The molecule has 2 aromatic carbocycles. The molecule has 32 heavy (non-hydrogen) atoms. The highest BCUT2D eigenvalue weighted by Gasteiger charge is 2.18. The standard InChI is InChI=1S/C25H33N5O2/c1-32-23-7-5-19(6-8-23)21-16-28-25(29-17-21)30-22-4-2-3-20(15-22)24(31)27-14-11-18-9-12-26-13-10-18/h2-8,15-16,18,21,25-26,29-30H,9-14,17H2,1H3,(H,27,31). The molecule has 2 atom stereocenters. The van der Waals surface area contributed by atoms with Crippen molar-refractivity contribution in [3.8, 4) is 5.75 Å². The van der Waals surface area contributed by atoms with Crippen LogP contribution in [0.1, 0.15) is 41.1 Å². The van der Waals surface area contributed by atoms with Crippen LogP contribution in [-0.4, -0.2) is 51.7 Å². The van der Waals surface area contributed by atoms with Gasteiger partial charge in [-0.25, -0.2) is 0 Å². The summed E-state index contributed by atoms with van der Waals surface area (Å²) in [6, 6.07) is 15.7. The molecule has 1 fully saturated rings. The van der Waals surface area contributed by atoms with Crippen LogP contribution in [0, 0.1) is 5.92 Å². The Labute approximate surface area is 190 Å². The normalized spacial score (nSPS) is 21.2. The summed E-state index contributed by atoms with van der Waals surface area (Å²) in [5, 5.41) is 13.2. The zero-order chi connectivity index (χ0) is 22.2. The molecule has 2 aliphatic heterocycles. The molecule has 0 bridgehead atoms. The highest BCUT2D eigenvalue weighted by molar-refractivity contribution is 5.95. The predicted molar refractivity (Wildman–Crippen MR) is 129 cm³/mol. The lowest BCUT2D eigenvalue weighted by Crippen LogP contribution is -2.41. The molecule has 4 rings (SSSR count). The summed E-state index contributed by atoms with van der Waals surface area (Å²) in [5.41, 5.74) is 2.73. The number of hydrogen-bond donors (Lipinski definition) is 4. The van der Waals surface area contributed by atoms with Crippen molar-refractivity contribution in [1.82, 2.24) is 16.0 Å². The van der Waals surface area contributed by atoms with Gasteiger partial charge in [0, 0.05) is 36.5 Å². The molecule has 1 amide bonds. The maximum absolute atomic E-state index is 12.6. The first kappa shape index (κ1) is 22.3. The van der Waals surface area contributed by atoms with E-state index in [0.29, 0.717) is 11.5 Å². The van der Waals surface area contributed by atoms with Gasteiger partial charge in [0.2, 0.25) is 0 Å². The molecule has 0 radical (unpaired) electrons. The van der Waals surface area contributed by atoms with Gasteiger partial charge in [0.05, 0.1) is 7.11 Å². The number of carbonyl (C=O) groups excluding carboxylic acids is 1. The molecular weight excluding hydrogens is 402 g/mol. The zero-order valence-electron chi connectivity index (χ0n) is 18.6. The van der Waals surface area contributed by atoms with Gasteiger partial charge in [-0.3, -0.25) is 15.1 Å². The number of benzene rings is 2. The van der Waals surface area contributed by atoms with E-state index in [1.54, 1.807) is 7.11 Å². The van der Waals surface area contributed by atoms with Crippen LogP contribution in [0.2, 0.25) is 0 Å². The SMILES string of the molecule is COc1ccc(C2C=NC(Nc3cccc(C(=O)NCCC4CCNCC4)c3)NC2)cc1. The summed E-state index contributed by atoms with van der Waals surface area (Å²) in [7, 11) is 1.67. The van der Waals surface area contributed by atoms with Gasteiger partial charge < -0.3 is 20.7 Å². The highest BCUT2D eigenvalue weighted by Crippen LogP contribution is 2.21. The van der Waals surface area contributed by atoms with Gasteiger partial charge >= 0.3 is 0 Å². The highest BCUT2D eigenvalue weighted by atomic mass is 16.5. The van der Waals surface area contributed by atoms with E-state index < -0.39 is 0 Å². The van der Waals surface area contributed by atoms with Crippen molar-refractivity contribution >= 4 is 17.8 Å². The Balaban J connectivity index is 1.27. The van der Waals surface area contributed by atoms with E-state index >= 15 is 0 Å². The van der Waals surface area contributed by atoms with Crippen molar-refractivity contribution in [3.63, 3.8) is 0 Å². The number of carbonyl (C=O) groups is 1. The third-order valence-electron chi connectivity index (χ3n) is 6.22. The Morgan fingerprint density at radius 2 is 1.97 bits per heavy atom. The summed E-state index contributed by atoms with van der Waals surface area (Å²) in [4.78, 5) is 17.2. The number of nitrogens with zero attached hydrogens (tertiary/aromatic N) is 1. The van der Waals surface area contributed by atoms with Gasteiger partial charge in [-0.2, -0.15) is 0 Å². The minimum absolute atomic E-state index is 0.0257. The van der Waals surface area contributed by atoms with Crippen molar-refractivity contribution in [2.75, 3.05) is 38.6 Å². The number of amides is 1. The van der Waals surface area contributed by atoms with E-state index in [0.717, 1.165) is 44.0 Å². The Kier molecular flexibility index (Phi) is 7.74. The smallest absolute Gasteiger partial charge is 0.251 e. The number of hydrogen-bond acceptors (Lipinski definition) is 6. The molecule has 2 heterocycles. The van der Waals surface area contributed by atoms with Crippen LogP contribution in [0.25, 0.3) is 0 Å². The second-order valence-corrected chi connectivity index (χ2v) is 8.45. The van der Waals surface area contributed by atoms with Crippen molar-refractivity contribution < 1.29 is 9.53 Å². The Bertz CT molecular complexity index is 909. The summed E-state index contributed by atoms with van der Waals surface area (Å²) in [6.45, 7) is 3.68. The first-order chi connectivity index (χ1) is 15.7. The minimum atomic E-state index is -0.220. The molecule has 0 spiro atoms. The summed E-state index contributed by atoms with van der Waals surface area (Å²) in [5.74, 6) is 1.75. The average Bonchev–Trinajstić information content (AvgIpc) is 2.85. The number of anilines is 1. The second-order valence-electron chi connectivity index (χ2n) is 8.45. The Hall–Kier alpha value is -2.90. The molecule has 4 N–H and O–H groups in total. The molecule has 7 nitrogen and oxygen atoms in total. The summed E-state index contributed by atoms with van der Waals surface area (Å²) in [6.07, 6.45) is 5.20. The topological polar surface area (TPSA) is 86.8 Å². The van der Waals surface area contributed by atoms with Crippen LogP contribution < -0.4 is 26.0 Å². The molecule has 0 aliphatic carbocycles. The van der Waals surface area contributed by atoms with E-state index in [2.05, 4.69) is 38.4 Å². The molecular formula is C25H33N5O2. The monoisotopic (exact) mass is 435 g/mol. The average molecular weight is 436 g/mol. The van der Waals surface area contributed by atoms with Crippen molar-refractivity contribution in [2.24, 2.45) is 10.9 Å². The maximum Gasteiger partial charge on any atom is 0.251 e. The molecule has 0 aromatic heterocycles. The van der Waals surface area contributed by atoms with Crippen LogP contribution in [0.3, 0.4) is 0 Å². The van der Waals surface area contributed by atoms with Crippen LogP contribution in [0.5, 0.6) is 5.75 Å². The number of piperidine rings is 1. The van der Waals surface area contributed by atoms with Gasteiger partial charge in [0.25, 0.3) is 5.91 Å². The van der Waals surface area contributed by atoms with Crippen molar-refractivity contribution in [1.29, 1.82) is 0 Å². The Morgan fingerprint density at radius 3 is 2.69 bits per heavy atom. The minimum Gasteiger partial charge on any atom is -0.497 e. The molecule has 2 aliphatic rings. The predicted octanol–water partition coefficient (Wildman–Crippen LogP) is 2.97. The zero-order valence-corrected chi connectivity index (χ0v) is 18.6. The first-order valence-electron chi connectivity index (χ1n) is 11.5. The third kappa shape index (κ3) is 6.08. The van der Waals surface area contributed by atoms with Crippen LogP contribution in [0.15, 0.2) is 53.5 Å². The molecule has 0 saturated carbocycles. The number of rotatable bonds is 8. The number of aliphatic imine (C=N–C) groups is 1. The fraction of sp³-hybridized carbons (Fsp3) is 0.440. The van der Waals surface area contributed by atoms with Gasteiger partial charge in [0.1, 0.15) is 5.75 Å². The molecule has 2 aromatic rings. The van der Waals surface area contributed by atoms with Crippen molar-refractivity contribution in [2.45, 2.75) is 31.5 Å². The van der Waals surface area contributed by atoms with E-state index in [1.165, 1.54) is 18.4 Å². The lowest BCUT2D eigenvalue weighted by Gasteiger charge is -2.25. The summed E-state index contributed by atoms with van der Waals surface area (Å²) < 4.78 is 5.23. The molecule has 2 unspecified atom stereocenters. The lowest BCUT2D eigenvalue weighted by molar-refractivity contribution is 0.0950. The second kappa shape index (κ2) is 11.1. The largest absolute Gasteiger partial charge is 0.497 e. The van der Waals surface area contributed by atoms with Gasteiger partial charge in [-0.1, -0.05) is 18.2 Å². The fourth-order valence-corrected chi connectivity index (χ4v) is 4.25. The van der Waals surface area contributed by atoms with Crippen LogP contribution >= 0.6 is 0 Å². The number of methoxy groups -OCH3 is 1. The van der Waals surface area contributed by atoms with Gasteiger partial charge in [0.15, 0.2) is 6.29 Å².